The zero-order valence-corrected chi connectivity index (χ0v) is 17.9. The Labute approximate surface area is 170 Å². The van der Waals surface area contributed by atoms with Crippen LogP contribution in [0.1, 0.15) is 33.1 Å². The van der Waals surface area contributed by atoms with Gasteiger partial charge >= 0.3 is 12.3 Å². The topological polar surface area (TPSA) is 158 Å². The van der Waals surface area contributed by atoms with Gasteiger partial charge in [-0.05, 0) is 12.8 Å². The van der Waals surface area contributed by atoms with Crippen molar-refractivity contribution in [3.8, 4) is 0 Å². The molecule has 0 saturated carbocycles. The average Bonchev–Trinajstić information content (AvgIpc) is 3.25. The lowest BCUT2D eigenvalue weighted by Crippen LogP contribution is -2.22. The third-order valence-electron chi connectivity index (χ3n) is 3.37. The number of hydrogen-bond acceptors (Lipinski definition) is 12. The molecule has 0 aromatic heterocycles. The van der Waals surface area contributed by atoms with Crippen LogP contribution >= 0.6 is 0 Å². The monoisotopic (exact) mass is 462 g/mol. The molecular formula is C15H26O12S2. The molecule has 12 nitrogen and oxygen atoms in total. The molecule has 2 saturated heterocycles. The maximum absolute atomic E-state index is 11.2. The highest BCUT2D eigenvalue weighted by atomic mass is 32.2. The Kier molecular flexibility index (Phi) is 10.6. The molecule has 2 fully saturated rings. The minimum absolute atomic E-state index is 0.00891. The zero-order chi connectivity index (χ0) is 21.9. The predicted octanol–water partition coefficient (Wildman–Crippen LogP) is 0.947. The van der Waals surface area contributed by atoms with E-state index in [-0.39, 0.29) is 37.9 Å². The van der Waals surface area contributed by atoms with Crippen LogP contribution in [0.2, 0.25) is 0 Å². The molecule has 2 atom stereocenters. The third-order valence-corrected chi connectivity index (χ3v) is 6.06. The largest absolute Gasteiger partial charge is 0.508 e. The summed E-state index contributed by atoms with van der Waals surface area (Å²) in [5, 5.41) is 0. The molecule has 0 N–H and O–H groups in total. The van der Waals surface area contributed by atoms with Crippen molar-refractivity contribution in [3.05, 3.63) is 0 Å². The van der Waals surface area contributed by atoms with Crippen molar-refractivity contribution >= 4 is 32.5 Å². The minimum Gasteiger partial charge on any atom is -0.430 e. The van der Waals surface area contributed by atoms with Crippen molar-refractivity contribution in [1.29, 1.82) is 0 Å². The fourth-order valence-corrected chi connectivity index (χ4v) is 4.04. The molecule has 0 aromatic carbocycles. The Morgan fingerprint density at radius 1 is 0.793 bits per heavy atom. The molecular weight excluding hydrogens is 436 g/mol. The van der Waals surface area contributed by atoms with Crippen LogP contribution < -0.4 is 0 Å². The normalized spacial score (nSPS) is 21.4. The number of carbonyl (C=O) groups is 2. The van der Waals surface area contributed by atoms with Gasteiger partial charge in [-0.1, -0.05) is 20.3 Å². The van der Waals surface area contributed by atoms with E-state index in [0.29, 0.717) is 12.8 Å². The summed E-state index contributed by atoms with van der Waals surface area (Å²) in [5.74, 6) is -0.0421. The van der Waals surface area contributed by atoms with Gasteiger partial charge in [0.2, 0.25) is 0 Å². The van der Waals surface area contributed by atoms with E-state index >= 15 is 0 Å². The van der Waals surface area contributed by atoms with Crippen molar-refractivity contribution in [2.75, 3.05) is 37.9 Å². The first kappa shape index (κ1) is 25.4. The van der Waals surface area contributed by atoms with Gasteiger partial charge in [-0.15, -0.1) is 0 Å². The van der Waals surface area contributed by atoms with Crippen LogP contribution in [0, 0.1) is 0 Å². The smallest absolute Gasteiger partial charge is 0.430 e. The summed E-state index contributed by atoms with van der Waals surface area (Å²) in [7, 11) is -6.98. The molecule has 170 valence electrons. The summed E-state index contributed by atoms with van der Waals surface area (Å²) in [5.41, 5.74) is 0. The summed E-state index contributed by atoms with van der Waals surface area (Å²) >= 11 is 0. The highest BCUT2D eigenvalue weighted by Gasteiger charge is 2.28. The molecule has 0 aliphatic carbocycles. The molecule has 2 unspecified atom stereocenters. The van der Waals surface area contributed by atoms with Gasteiger partial charge in [0, 0.05) is 0 Å². The van der Waals surface area contributed by atoms with E-state index in [2.05, 4.69) is 27.3 Å². The molecule has 2 aliphatic heterocycles. The van der Waals surface area contributed by atoms with Crippen LogP contribution in [0.5, 0.6) is 0 Å². The Bertz CT molecular complexity index is 730. The summed E-state index contributed by atoms with van der Waals surface area (Å²) < 4.78 is 72.0. The molecule has 2 aliphatic rings. The number of unbranched alkanes of at least 4 members (excludes halogenated alkanes) is 1. The molecule has 0 spiro atoms. The van der Waals surface area contributed by atoms with Crippen LogP contribution in [0.15, 0.2) is 0 Å². The molecule has 0 bridgehead atoms. The average molecular weight is 462 g/mol. The molecule has 2 rings (SSSR count). The van der Waals surface area contributed by atoms with E-state index in [4.69, 9.17) is 0 Å². The maximum Gasteiger partial charge on any atom is 0.508 e. The summed E-state index contributed by atoms with van der Waals surface area (Å²) in [6, 6.07) is 0. The number of rotatable bonds is 11. The lowest BCUT2D eigenvalue weighted by Gasteiger charge is -2.07. The van der Waals surface area contributed by atoms with Gasteiger partial charge in [-0.25, -0.2) is 9.59 Å². The fraction of sp³-hybridized carbons (Fsp3) is 0.867. The second-order valence-corrected chi connectivity index (χ2v) is 9.57. The van der Waals surface area contributed by atoms with E-state index in [0.717, 1.165) is 6.42 Å². The SMILES string of the molecule is CCCCS(=O)(=O)OCC1COC(=O)O1.CCCS(=O)(=O)OCC1COC(=O)O1. The van der Waals surface area contributed by atoms with E-state index in [9.17, 15) is 26.4 Å². The Hall–Kier alpha value is -1.64. The van der Waals surface area contributed by atoms with Crippen LogP contribution in [-0.2, 0) is 47.5 Å². The van der Waals surface area contributed by atoms with Crippen LogP contribution in [0.4, 0.5) is 9.59 Å². The van der Waals surface area contributed by atoms with Crippen LogP contribution in [0.3, 0.4) is 0 Å². The highest BCUT2D eigenvalue weighted by molar-refractivity contribution is 7.86. The molecule has 29 heavy (non-hydrogen) atoms. The number of hydrogen-bond donors (Lipinski definition) is 0. The maximum atomic E-state index is 11.2. The van der Waals surface area contributed by atoms with Crippen molar-refractivity contribution < 1.29 is 53.7 Å². The predicted molar refractivity (Wildman–Crippen MR) is 97.1 cm³/mol. The second-order valence-electron chi connectivity index (χ2n) is 6.05. The van der Waals surface area contributed by atoms with Gasteiger partial charge in [-0.2, -0.15) is 16.8 Å². The Morgan fingerprint density at radius 3 is 1.59 bits per heavy atom. The summed E-state index contributed by atoms with van der Waals surface area (Å²) in [6.45, 7) is 3.37. The van der Waals surface area contributed by atoms with Crippen molar-refractivity contribution in [2.45, 2.75) is 45.3 Å². The quantitative estimate of drug-likeness (QED) is 0.316. The first-order valence-corrected chi connectivity index (χ1v) is 12.1. The minimum atomic E-state index is -3.50. The number of ether oxygens (including phenoxy) is 4. The van der Waals surface area contributed by atoms with Crippen molar-refractivity contribution in [3.63, 3.8) is 0 Å². The Morgan fingerprint density at radius 2 is 1.24 bits per heavy atom. The standard InChI is InChI=1S/C8H14O6S.C7H12O6S/c1-2-3-4-15(10,11)13-6-7-5-12-8(9)14-7;1-2-3-14(9,10)12-5-6-4-11-7(8)13-6/h7H,2-6H2,1H3;6H,2-5H2,1H3. The lowest BCUT2D eigenvalue weighted by molar-refractivity contribution is 0.0991. The number of carbonyl (C=O) groups excluding carboxylic acids is 2. The third kappa shape index (κ3) is 11.2. The van der Waals surface area contributed by atoms with Crippen LogP contribution in [-0.4, -0.2) is 79.3 Å². The molecule has 14 heteroatoms. The van der Waals surface area contributed by atoms with Gasteiger partial charge in [0.25, 0.3) is 20.2 Å². The molecule has 0 aromatic rings. The summed E-state index contributed by atoms with van der Waals surface area (Å²) in [6.07, 6.45) is -0.972. The van der Waals surface area contributed by atoms with Crippen molar-refractivity contribution in [1.82, 2.24) is 0 Å². The molecule has 0 amide bonds. The van der Waals surface area contributed by atoms with Gasteiger partial charge in [0.15, 0.2) is 12.2 Å². The van der Waals surface area contributed by atoms with Gasteiger partial charge in [-0.3, -0.25) is 8.37 Å². The first-order chi connectivity index (χ1) is 13.6. The zero-order valence-electron chi connectivity index (χ0n) is 16.2. The fourth-order valence-electron chi connectivity index (χ4n) is 1.94. The van der Waals surface area contributed by atoms with Gasteiger partial charge in [0.1, 0.15) is 26.4 Å². The highest BCUT2D eigenvalue weighted by Crippen LogP contribution is 2.09. The molecule has 2 heterocycles. The van der Waals surface area contributed by atoms with Crippen LogP contribution in [0.25, 0.3) is 0 Å². The number of cyclic esters (lactones) is 4. The Balaban J connectivity index is 0.000000291. The van der Waals surface area contributed by atoms with E-state index in [1.807, 2.05) is 6.92 Å². The summed E-state index contributed by atoms with van der Waals surface area (Å²) in [4.78, 5) is 21.0. The first-order valence-electron chi connectivity index (χ1n) is 8.98. The second kappa shape index (κ2) is 12.1. The van der Waals surface area contributed by atoms with E-state index in [1.54, 1.807) is 6.92 Å². The lowest BCUT2D eigenvalue weighted by atomic mass is 10.4. The van der Waals surface area contributed by atoms with Gasteiger partial charge < -0.3 is 18.9 Å². The molecule has 0 radical (unpaired) electrons. The van der Waals surface area contributed by atoms with E-state index in [1.165, 1.54) is 0 Å². The van der Waals surface area contributed by atoms with E-state index < -0.39 is 44.8 Å². The van der Waals surface area contributed by atoms with Crippen molar-refractivity contribution in [2.24, 2.45) is 0 Å². The van der Waals surface area contributed by atoms with Gasteiger partial charge in [0.05, 0.1) is 11.5 Å².